The van der Waals surface area contributed by atoms with Gasteiger partial charge in [0.25, 0.3) is 0 Å². The molecule has 0 spiro atoms. The molecule has 1 saturated heterocycles. The maximum absolute atomic E-state index is 12.4. The highest BCUT2D eigenvalue weighted by molar-refractivity contribution is 7.98. The number of amides is 2. The summed E-state index contributed by atoms with van der Waals surface area (Å²) in [7, 11) is 0. The zero-order valence-electron chi connectivity index (χ0n) is 13.0. The second-order valence-electron chi connectivity index (χ2n) is 5.64. The van der Waals surface area contributed by atoms with Gasteiger partial charge < -0.3 is 15.6 Å². The lowest BCUT2D eigenvalue weighted by Gasteiger charge is -2.19. The van der Waals surface area contributed by atoms with Gasteiger partial charge in [-0.2, -0.15) is 11.8 Å². The third-order valence-corrected chi connectivity index (χ3v) is 4.62. The Morgan fingerprint density at radius 2 is 2.30 bits per heavy atom. The number of carbonyl (C=O) groups is 2. The van der Waals surface area contributed by atoms with Gasteiger partial charge in [0.15, 0.2) is 0 Å². The first kappa shape index (κ1) is 15.9. The van der Waals surface area contributed by atoms with Crippen LogP contribution in [0.25, 0.3) is 11.0 Å². The fraction of sp³-hybridized carbons (Fsp3) is 0.438. The van der Waals surface area contributed by atoms with E-state index >= 15 is 0 Å². The summed E-state index contributed by atoms with van der Waals surface area (Å²) in [5.74, 6) is 1.48. The van der Waals surface area contributed by atoms with Crippen molar-refractivity contribution in [1.29, 1.82) is 0 Å². The summed E-state index contributed by atoms with van der Waals surface area (Å²) < 4.78 is 0. The molecule has 3 N–H and O–H groups in total. The fourth-order valence-electron chi connectivity index (χ4n) is 2.73. The third kappa shape index (κ3) is 3.67. The average Bonchev–Trinajstić information content (AvgIpc) is 3.17. The van der Waals surface area contributed by atoms with E-state index in [0.29, 0.717) is 12.8 Å². The SMILES string of the molecule is CSCC[C@@H](NC(=O)[C@H]1CCC(=O)N1)c1nc2ccccc2[nH]1. The monoisotopic (exact) mass is 332 g/mol. The molecule has 122 valence electrons. The van der Waals surface area contributed by atoms with E-state index in [0.717, 1.165) is 29.0 Å². The molecule has 1 aromatic heterocycles. The summed E-state index contributed by atoms with van der Waals surface area (Å²) in [5, 5.41) is 5.74. The van der Waals surface area contributed by atoms with Crippen LogP contribution in [0.5, 0.6) is 0 Å². The van der Waals surface area contributed by atoms with Gasteiger partial charge in [0.05, 0.1) is 17.1 Å². The Balaban J connectivity index is 1.76. The van der Waals surface area contributed by atoms with Crippen molar-refractivity contribution in [1.82, 2.24) is 20.6 Å². The van der Waals surface area contributed by atoms with Gasteiger partial charge in [0, 0.05) is 6.42 Å². The van der Waals surface area contributed by atoms with Crippen LogP contribution in [0.2, 0.25) is 0 Å². The first-order valence-electron chi connectivity index (χ1n) is 7.70. The van der Waals surface area contributed by atoms with Gasteiger partial charge in [-0.3, -0.25) is 9.59 Å². The summed E-state index contributed by atoms with van der Waals surface area (Å²) in [6, 6.07) is 7.20. The Bertz CT molecular complexity index is 682. The van der Waals surface area contributed by atoms with E-state index in [1.54, 1.807) is 11.8 Å². The smallest absolute Gasteiger partial charge is 0.243 e. The molecule has 0 bridgehead atoms. The Morgan fingerprint density at radius 3 is 3.00 bits per heavy atom. The second kappa shape index (κ2) is 7.04. The van der Waals surface area contributed by atoms with Crippen molar-refractivity contribution in [2.24, 2.45) is 0 Å². The Hall–Kier alpha value is -2.02. The van der Waals surface area contributed by atoms with Crippen molar-refractivity contribution in [3.05, 3.63) is 30.1 Å². The number of aromatic amines is 1. The molecule has 2 aromatic rings. The molecule has 6 nitrogen and oxygen atoms in total. The maximum atomic E-state index is 12.4. The number of carbonyl (C=O) groups excluding carboxylic acids is 2. The number of H-pyrrole nitrogens is 1. The number of hydrogen-bond donors (Lipinski definition) is 3. The van der Waals surface area contributed by atoms with Crippen LogP contribution in [-0.4, -0.2) is 39.8 Å². The van der Waals surface area contributed by atoms with Crippen LogP contribution in [0.15, 0.2) is 24.3 Å². The lowest BCUT2D eigenvalue weighted by Crippen LogP contribution is -2.43. The molecule has 0 radical (unpaired) electrons. The van der Waals surface area contributed by atoms with Crippen molar-refractivity contribution in [3.8, 4) is 0 Å². The molecule has 2 amide bonds. The van der Waals surface area contributed by atoms with Gasteiger partial charge in [0.1, 0.15) is 11.9 Å². The van der Waals surface area contributed by atoms with Crippen LogP contribution < -0.4 is 10.6 Å². The Morgan fingerprint density at radius 1 is 1.48 bits per heavy atom. The molecule has 0 saturated carbocycles. The predicted molar refractivity (Wildman–Crippen MR) is 91.1 cm³/mol. The normalized spacial score (nSPS) is 18.8. The third-order valence-electron chi connectivity index (χ3n) is 3.98. The summed E-state index contributed by atoms with van der Waals surface area (Å²) in [6.07, 6.45) is 3.79. The molecule has 0 unspecified atom stereocenters. The van der Waals surface area contributed by atoms with Crippen molar-refractivity contribution in [2.75, 3.05) is 12.0 Å². The second-order valence-corrected chi connectivity index (χ2v) is 6.63. The average molecular weight is 332 g/mol. The number of fused-ring (bicyclic) bond motifs is 1. The zero-order chi connectivity index (χ0) is 16.2. The molecule has 2 atom stereocenters. The van der Waals surface area contributed by atoms with Crippen molar-refractivity contribution in [3.63, 3.8) is 0 Å². The van der Waals surface area contributed by atoms with Crippen molar-refractivity contribution in [2.45, 2.75) is 31.3 Å². The molecule has 2 heterocycles. The first-order chi connectivity index (χ1) is 11.2. The summed E-state index contributed by atoms with van der Waals surface area (Å²) in [4.78, 5) is 31.5. The molecule has 3 rings (SSSR count). The van der Waals surface area contributed by atoms with Gasteiger partial charge >= 0.3 is 0 Å². The maximum Gasteiger partial charge on any atom is 0.243 e. The van der Waals surface area contributed by atoms with Gasteiger partial charge in [0.2, 0.25) is 11.8 Å². The number of nitrogens with zero attached hydrogens (tertiary/aromatic N) is 1. The zero-order valence-corrected chi connectivity index (χ0v) is 13.8. The van der Waals surface area contributed by atoms with E-state index in [4.69, 9.17) is 0 Å². The Labute approximate surface area is 138 Å². The molecule has 23 heavy (non-hydrogen) atoms. The van der Waals surface area contributed by atoms with E-state index in [1.807, 2.05) is 30.5 Å². The number of hydrogen-bond acceptors (Lipinski definition) is 4. The lowest BCUT2D eigenvalue weighted by molar-refractivity contribution is -0.126. The number of rotatable bonds is 6. The number of benzene rings is 1. The summed E-state index contributed by atoms with van der Waals surface area (Å²) in [5.41, 5.74) is 1.85. The fourth-order valence-corrected chi connectivity index (χ4v) is 3.20. The quantitative estimate of drug-likeness (QED) is 0.752. The van der Waals surface area contributed by atoms with Crippen LogP contribution in [0.4, 0.5) is 0 Å². The van der Waals surface area contributed by atoms with Crippen LogP contribution in [0.1, 0.15) is 31.1 Å². The van der Waals surface area contributed by atoms with E-state index in [9.17, 15) is 9.59 Å². The molecule has 1 fully saturated rings. The van der Waals surface area contributed by atoms with E-state index in [-0.39, 0.29) is 17.9 Å². The number of aromatic nitrogens is 2. The minimum absolute atomic E-state index is 0.0606. The van der Waals surface area contributed by atoms with Gasteiger partial charge in [-0.1, -0.05) is 12.1 Å². The highest BCUT2D eigenvalue weighted by atomic mass is 32.2. The molecule has 1 aliphatic heterocycles. The molecule has 1 aromatic carbocycles. The number of para-hydroxylation sites is 2. The van der Waals surface area contributed by atoms with E-state index in [2.05, 4.69) is 20.6 Å². The van der Waals surface area contributed by atoms with Gasteiger partial charge in [-0.25, -0.2) is 4.98 Å². The van der Waals surface area contributed by atoms with Crippen LogP contribution in [-0.2, 0) is 9.59 Å². The number of nitrogens with one attached hydrogen (secondary N) is 3. The lowest BCUT2D eigenvalue weighted by atomic mass is 10.1. The first-order valence-corrected chi connectivity index (χ1v) is 9.10. The molecule has 1 aliphatic rings. The number of imidazole rings is 1. The molecular formula is C16H20N4O2S. The van der Waals surface area contributed by atoms with E-state index in [1.165, 1.54) is 0 Å². The summed E-state index contributed by atoms with van der Waals surface area (Å²) in [6.45, 7) is 0. The standard InChI is InChI=1S/C16H20N4O2S/c1-23-9-8-12(20-16(22)13-6-7-14(21)17-13)15-18-10-4-2-3-5-11(10)19-15/h2-5,12-13H,6-9H2,1H3,(H,17,21)(H,18,19)(H,20,22)/t12-,13-/m1/s1. The number of thioether (sulfide) groups is 1. The largest absolute Gasteiger partial charge is 0.344 e. The van der Waals surface area contributed by atoms with E-state index < -0.39 is 6.04 Å². The predicted octanol–water partition coefficient (Wildman–Crippen LogP) is 1.75. The van der Waals surface area contributed by atoms with Crippen LogP contribution in [0.3, 0.4) is 0 Å². The Kier molecular flexibility index (Phi) is 4.85. The highest BCUT2D eigenvalue weighted by Gasteiger charge is 2.29. The summed E-state index contributed by atoms with van der Waals surface area (Å²) >= 11 is 1.73. The topological polar surface area (TPSA) is 86.9 Å². The molecular weight excluding hydrogens is 312 g/mol. The van der Waals surface area contributed by atoms with Crippen LogP contribution in [0, 0.1) is 0 Å². The van der Waals surface area contributed by atoms with Gasteiger partial charge in [-0.15, -0.1) is 0 Å². The van der Waals surface area contributed by atoms with Crippen LogP contribution >= 0.6 is 11.8 Å². The van der Waals surface area contributed by atoms with Crippen molar-refractivity contribution >= 4 is 34.6 Å². The molecule has 0 aliphatic carbocycles. The minimum Gasteiger partial charge on any atom is -0.344 e. The molecule has 7 heteroatoms. The highest BCUT2D eigenvalue weighted by Crippen LogP contribution is 2.20. The van der Waals surface area contributed by atoms with Crippen molar-refractivity contribution < 1.29 is 9.59 Å². The minimum atomic E-state index is -0.427. The van der Waals surface area contributed by atoms with Gasteiger partial charge in [-0.05, 0) is 37.0 Å².